The number of fused-ring (bicyclic) bond motifs is 1. The second kappa shape index (κ2) is 6.37. The molecule has 3 rings (SSSR count). The molecule has 0 saturated carbocycles. The first-order chi connectivity index (χ1) is 10.1. The summed E-state index contributed by atoms with van der Waals surface area (Å²) in [5, 5.41) is 3.44. The Hall–Kier alpha value is -1.06. The number of piperidine rings is 1. The predicted octanol–water partition coefficient (Wildman–Crippen LogP) is 2.61. The zero-order chi connectivity index (χ0) is 14.8. The number of likely N-dealkylation sites (tertiary alicyclic amines) is 1. The molecule has 1 saturated heterocycles. The average molecular weight is 287 g/mol. The quantitative estimate of drug-likeness (QED) is 0.918. The van der Waals surface area contributed by atoms with Crippen LogP contribution in [-0.4, -0.2) is 55.6 Å². The van der Waals surface area contributed by atoms with Crippen LogP contribution in [0.3, 0.4) is 0 Å². The predicted molar refractivity (Wildman–Crippen MR) is 90.1 cm³/mol. The highest BCUT2D eigenvalue weighted by Crippen LogP contribution is 2.25. The van der Waals surface area contributed by atoms with Crippen LogP contribution in [-0.2, 0) is 12.8 Å². The SMILES string of the molecule is CC(Cc1ccc2c(c1)CCN2)N(C)C1CCN(C)CC1. The van der Waals surface area contributed by atoms with Gasteiger partial charge >= 0.3 is 0 Å². The van der Waals surface area contributed by atoms with Crippen LogP contribution in [0.15, 0.2) is 18.2 Å². The van der Waals surface area contributed by atoms with Gasteiger partial charge < -0.3 is 15.1 Å². The average Bonchev–Trinajstić information content (AvgIpc) is 2.95. The number of hydrogen-bond acceptors (Lipinski definition) is 3. The maximum absolute atomic E-state index is 3.44. The molecule has 3 heteroatoms. The van der Waals surface area contributed by atoms with Crippen molar-refractivity contribution in [2.75, 3.05) is 39.0 Å². The number of likely N-dealkylation sites (N-methyl/N-ethyl adjacent to an activating group) is 1. The van der Waals surface area contributed by atoms with Gasteiger partial charge in [0.2, 0.25) is 0 Å². The summed E-state index contributed by atoms with van der Waals surface area (Å²) in [6.45, 7) is 5.96. The normalized spacial score (nSPS) is 21.3. The number of nitrogens with zero attached hydrogens (tertiary/aromatic N) is 2. The molecule has 2 aliphatic heterocycles. The van der Waals surface area contributed by atoms with Gasteiger partial charge in [-0.15, -0.1) is 0 Å². The first-order valence-electron chi connectivity index (χ1n) is 8.39. The zero-order valence-electron chi connectivity index (χ0n) is 13.7. The highest BCUT2D eigenvalue weighted by molar-refractivity contribution is 5.56. The van der Waals surface area contributed by atoms with Crippen LogP contribution in [0.1, 0.15) is 30.9 Å². The molecule has 21 heavy (non-hydrogen) atoms. The Labute approximate surface area is 129 Å². The minimum absolute atomic E-state index is 0.616. The number of nitrogens with one attached hydrogen (secondary N) is 1. The number of rotatable bonds is 4. The molecule has 0 radical (unpaired) electrons. The van der Waals surface area contributed by atoms with Gasteiger partial charge in [0.1, 0.15) is 0 Å². The van der Waals surface area contributed by atoms with Crippen molar-refractivity contribution < 1.29 is 0 Å². The second-order valence-electron chi connectivity index (χ2n) is 6.92. The molecular formula is C18H29N3. The van der Waals surface area contributed by atoms with E-state index in [0.29, 0.717) is 6.04 Å². The molecule has 0 bridgehead atoms. The van der Waals surface area contributed by atoms with Crippen LogP contribution in [0.4, 0.5) is 5.69 Å². The van der Waals surface area contributed by atoms with Gasteiger partial charge in [-0.1, -0.05) is 12.1 Å². The van der Waals surface area contributed by atoms with Gasteiger partial charge in [0.25, 0.3) is 0 Å². The van der Waals surface area contributed by atoms with Crippen LogP contribution < -0.4 is 5.32 Å². The van der Waals surface area contributed by atoms with Gasteiger partial charge in [0.05, 0.1) is 0 Å². The Morgan fingerprint density at radius 3 is 2.86 bits per heavy atom. The standard InChI is InChI=1S/C18H29N3/c1-14(21(3)17-7-10-20(2)11-8-17)12-15-4-5-18-16(13-15)6-9-19-18/h4-5,13-14,17,19H,6-12H2,1-3H3. The lowest BCUT2D eigenvalue weighted by Gasteiger charge is -2.38. The van der Waals surface area contributed by atoms with E-state index in [1.165, 1.54) is 49.2 Å². The summed E-state index contributed by atoms with van der Waals surface area (Å²) >= 11 is 0. The maximum Gasteiger partial charge on any atom is 0.0373 e. The molecule has 116 valence electrons. The fourth-order valence-corrected chi connectivity index (χ4v) is 3.73. The van der Waals surface area contributed by atoms with Crippen LogP contribution in [0, 0.1) is 0 Å². The summed E-state index contributed by atoms with van der Waals surface area (Å²) in [5.74, 6) is 0. The zero-order valence-corrected chi connectivity index (χ0v) is 13.7. The first kappa shape index (κ1) is 14.9. The Morgan fingerprint density at radius 2 is 2.10 bits per heavy atom. The molecule has 1 aromatic rings. The molecule has 1 N–H and O–H groups in total. The summed E-state index contributed by atoms with van der Waals surface area (Å²) in [4.78, 5) is 5.06. The van der Waals surface area contributed by atoms with Gasteiger partial charge in [0, 0.05) is 24.3 Å². The Kier molecular flexibility index (Phi) is 4.51. The monoisotopic (exact) mass is 287 g/mol. The third-order valence-electron chi connectivity index (χ3n) is 5.37. The molecular weight excluding hydrogens is 258 g/mol. The smallest absolute Gasteiger partial charge is 0.0373 e. The van der Waals surface area contributed by atoms with E-state index in [9.17, 15) is 0 Å². The van der Waals surface area contributed by atoms with E-state index in [1.54, 1.807) is 0 Å². The summed E-state index contributed by atoms with van der Waals surface area (Å²) in [5.41, 5.74) is 4.33. The molecule has 2 aliphatic rings. The van der Waals surface area contributed by atoms with Crippen LogP contribution >= 0.6 is 0 Å². The van der Waals surface area contributed by atoms with Crippen molar-refractivity contribution in [1.82, 2.24) is 9.80 Å². The fourth-order valence-electron chi connectivity index (χ4n) is 3.73. The van der Waals surface area contributed by atoms with E-state index >= 15 is 0 Å². The number of hydrogen-bond donors (Lipinski definition) is 1. The van der Waals surface area contributed by atoms with Gasteiger partial charge in [-0.2, -0.15) is 0 Å². The Balaban J connectivity index is 1.59. The molecule has 1 fully saturated rings. The summed E-state index contributed by atoms with van der Waals surface area (Å²) < 4.78 is 0. The molecule has 0 amide bonds. The summed E-state index contributed by atoms with van der Waals surface area (Å²) in [7, 11) is 4.55. The fraction of sp³-hybridized carbons (Fsp3) is 0.667. The van der Waals surface area contributed by atoms with Crippen LogP contribution in [0.25, 0.3) is 0 Å². The van der Waals surface area contributed by atoms with Gasteiger partial charge in [-0.05, 0) is 77.0 Å². The number of anilines is 1. The lowest BCUT2D eigenvalue weighted by Crippen LogP contribution is -2.46. The minimum Gasteiger partial charge on any atom is -0.384 e. The largest absolute Gasteiger partial charge is 0.384 e. The topological polar surface area (TPSA) is 18.5 Å². The molecule has 3 nitrogen and oxygen atoms in total. The molecule has 0 aliphatic carbocycles. The minimum atomic E-state index is 0.616. The summed E-state index contributed by atoms with van der Waals surface area (Å²) in [6, 6.07) is 8.35. The molecule has 0 spiro atoms. The van der Waals surface area contributed by atoms with Crippen molar-refractivity contribution in [2.24, 2.45) is 0 Å². The van der Waals surface area contributed by atoms with E-state index < -0.39 is 0 Å². The van der Waals surface area contributed by atoms with Gasteiger partial charge in [-0.25, -0.2) is 0 Å². The lowest BCUT2D eigenvalue weighted by molar-refractivity contribution is 0.113. The second-order valence-corrected chi connectivity index (χ2v) is 6.92. The van der Waals surface area contributed by atoms with Gasteiger partial charge in [-0.3, -0.25) is 0 Å². The van der Waals surface area contributed by atoms with Crippen molar-refractivity contribution in [3.05, 3.63) is 29.3 Å². The van der Waals surface area contributed by atoms with Crippen molar-refractivity contribution in [3.63, 3.8) is 0 Å². The highest BCUT2D eigenvalue weighted by atomic mass is 15.2. The lowest BCUT2D eigenvalue weighted by atomic mass is 9.98. The number of benzene rings is 1. The Bertz CT molecular complexity index is 477. The van der Waals surface area contributed by atoms with Gasteiger partial charge in [0.15, 0.2) is 0 Å². The van der Waals surface area contributed by atoms with E-state index in [2.05, 4.69) is 54.3 Å². The van der Waals surface area contributed by atoms with E-state index in [1.807, 2.05) is 0 Å². The first-order valence-corrected chi connectivity index (χ1v) is 8.39. The third kappa shape index (κ3) is 3.41. The Morgan fingerprint density at radius 1 is 1.33 bits per heavy atom. The summed E-state index contributed by atoms with van der Waals surface area (Å²) in [6.07, 6.45) is 4.97. The maximum atomic E-state index is 3.44. The molecule has 1 atom stereocenters. The van der Waals surface area contributed by atoms with Crippen LogP contribution in [0.2, 0.25) is 0 Å². The molecule has 1 unspecified atom stereocenters. The van der Waals surface area contributed by atoms with Crippen molar-refractivity contribution in [3.8, 4) is 0 Å². The van der Waals surface area contributed by atoms with E-state index in [4.69, 9.17) is 0 Å². The highest BCUT2D eigenvalue weighted by Gasteiger charge is 2.24. The molecule has 2 heterocycles. The molecule has 0 aromatic heterocycles. The van der Waals surface area contributed by atoms with E-state index in [0.717, 1.165) is 19.0 Å². The van der Waals surface area contributed by atoms with Crippen molar-refractivity contribution in [1.29, 1.82) is 0 Å². The van der Waals surface area contributed by atoms with E-state index in [-0.39, 0.29) is 0 Å². The van der Waals surface area contributed by atoms with Crippen molar-refractivity contribution >= 4 is 5.69 Å². The molecule has 1 aromatic carbocycles. The van der Waals surface area contributed by atoms with Crippen LogP contribution in [0.5, 0.6) is 0 Å². The third-order valence-corrected chi connectivity index (χ3v) is 5.37. The van der Waals surface area contributed by atoms with Crippen molar-refractivity contribution in [2.45, 2.75) is 44.7 Å².